The minimum absolute atomic E-state index is 0.425. The normalized spacial score (nSPS) is 23.4. The zero-order chi connectivity index (χ0) is 17.5. The molecule has 5 nitrogen and oxygen atoms in total. The number of likely N-dealkylation sites (tertiary alicyclic amines) is 2. The summed E-state index contributed by atoms with van der Waals surface area (Å²) in [6, 6.07) is 4.85. The number of methoxy groups -OCH3 is 1. The minimum Gasteiger partial charge on any atom is -0.384 e. The lowest BCUT2D eigenvalue weighted by atomic mass is 10.1. The van der Waals surface area contributed by atoms with Crippen LogP contribution in [0.15, 0.2) is 22.5 Å². The summed E-state index contributed by atoms with van der Waals surface area (Å²) in [7, 11) is 1.80. The first-order valence-corrected chi connectivity index (χ1v) is 10.5. The fraction of sp³-hybridized carbons (Fsp3) is 0.737. The molecule has 2 fully saturated rings. The van der Waals surface area contributed by atoms with Crippen LogP contribution in [0.3, 0.4) is 0 Å². The molecule has 2 aliphatic heterocycles. The van der Waals surface area contributed by atoms with Crippen LogP contribution in [-0.4, -0.2) is 68.7 Å². The molecule has 25 heavy (non-hydrogen) atoms. The molecule has 0 saturated carbocycles. The van der Waals surface area contributed by atoms with Crippen molar-refractivity contribution in [3.05, 3.63) is 22.4 Å². The van der Waals surface area contributed by atoms with Gasteiger partial charge in [0.15, 0.2) is 5.96 Å². The first kappa shape index (κ1) is 18.7. The van der Waals surface area contributed by atoms with Gasteiger partial charge in [-0.05, 0) is 50.7 Å². The molecule has 0 amide bonds. The summed E-state index contributed by atoms with van der Waals surface area (Å²) >= 11 is 1.86. The van der Waals surface area contributed by atoms with E-state index >= 15 is 0 Å². The molecule has 3 heterocycles. The molecule has 1 N–H and O–H groups in total. The van der Waals surface area contributed by atoms with Crippen molar-refractivity contribution >= 4 is 17.3 Å². The highest BCUT2D eigenvalue weighted by Crippen LogP contribution is 2.29. The monoisotopic (exact) mass is 364 g/mol. The van der Waals surface area contributed by atoms with Crippen LogP contribution in [0, 0.1) is 5.92 Å². The van der Waals surface area contributed by atoms with Gasteiger partial charge in [0.2, 0.25) is 0 Å². The highest BCUT2D eigenvalue weighted by Gasteiger charge is 2.27. The van der Waals surface area contributed by atoms with E-state index in [1.165, 1.54) is 37.2 Å². The minimum atomic E-state index is 0.425. The predicted molar refractivity (Wildman–Crippen MR) is 105 cm³/mol. The number of guanidine groups is 1. The van der Waals surface area contributed by atoms with E-state index in [0.717, 1.165) is 38.7 Å². The Balaban J connectivity index is 1.68. The Labute approximate surface area is 156 Å². The molecule has 2 unspecified atom stereocenters. The van der Waals surface area contributed by atoms with Gasteiger partial charge in [0.25, 0.3) is 0 Å². The number of nitrogens with zero attached hydrogens (tertiary/aromatic N) is 3. The van der Waals surface area contributed by atoms with Gasteiger partial charge in [0.1, 0.15) is 0 Å². The average molecular weight is 365 g/mol. The number of hydrogen-bond acceptors (Lipinski definition) is 4. The van der Waals surface area contributed by atoms with Gasteiger partial charge in [-0.1, -0.05) is 6.07 Å². The zero-order valence-electron chi connectivity index (χ0n) is 15.6. The molecule has 2 aliphatic rings. The third-order valence-electron chi connectivity index (χ3n) is 5.19. The molecule has 3 rings (SSSR count). The molecule has 0 aliphatic carbocycles. The van der Waals surface area contributed by atoms with Crippen molar-refractivity contribution in [3.8, 4) is 0 Å². The van der Waals surface area contributed by atoms with Crippen molar-refractivity contribution in [3.63, 3.8) is 0 Å². The summed E-state index contributed by atoms with van der Waals surface area (Å²) in [5.74, 6) is 1.70. The summed E-state index contributed by atoms with van der Waals surface area (Å²) in [6.45, 7) is 9.28. The SMILES string of the molecule is CCNC(=NCC(c1cccs1)N1CCCC1)N1CCC(COC)C1. The summed E-state index contributed by atoms with van der Waals surface area (Å²) < 4.78 is 5.34. The maximum atomic E-state index is 5.34. The second-order valence-corrected chi connectivity index (χ2v) is 8.00. The van der Waals surface area contributed by atoms with Crippen LogP contribution >= 0.6 is 11.3 Å². The van der Waals surface area contributed by atoms with Gasteiger partial charge in [-0.2, -0.15) is 0 Å². The summed E-state index contributed by atoms with van der Waals surface area (Å²) in [6.07, 6.45) is 3.83. The quantitative estimate of drug-likeness (QED) is 0.597. The molecule has 1 aromatic rings. The lowest BCUT2D eigenvalue weighted by molar-refractivity contribution is 0.157. The van der Waals surface area contributed by atoms with Gasteiger partial charge in [0, 0.05) is 37.5 Å². The van der Waals surface area contributed by atoms with Crippen LogP contribution in [0.5, 0.6) is 0 Å². The van der Waals surface area contributed by atoms with Crippen LogP contribution in [0.25, 0.3) is 0 Å². The number of aliphatic imine (C=N–C) groups is 1. The molecular formula is C19H32N4OS. The predicted octanol–water partition coefficient (Wildman–Crippen LogP) is 2.82. The second kappa shape index (κ2) is 9.55. The molecule has 140 valence electrons. The molecule has 0 bridgehead atoms. The molecule has 2 atom stereocenters. The largest absolute Gasteiger partial charge is 0.384 e. The fourth-order valence-electron chi connectivity index (χ4n) is 3.92. The van der Waals surface area contributed by atoms with Crippen LogP contribution in [0.4, 0.5) is 0 Å². The van der Waals surface area contributed by atoms with Crippen molar-refractivity contribution < 1.29 is 4.74 Å². The van der Waals surface area contributed by atoms with E-state index in [4.69, 9.17) is 9.73 Å². The van der Waals surface area contributed by atoms with Gasteiger partial charge < -0.3 is 15.0 Å². The maximum Gasteiger partial charge on any atom is 0.193 e. The third-order valence-corrected chi connectivity index (χ3v) is 6.16. The Morgan fingerprint density at radius 2 is 2.24 bits per heavy atom. The standard InChI is InChI=1S/C19H32N4OS/c1-3-20-19(23-11-8-16(14-23)15-24-2)21-13-17(18-7-6-12-25-18)22-9-4-5-10-22/h6-7,12,16-17H,3-5,8-11,13-15H2,1-2H3,(H,20,21). The number of ether oxygens (including phenoxy) is 1. The van der Waals surface area contributed by atoms with Crippen LogP contribution < -0.4 is 5.32 Å². The summed E-state index contributed by atoms with van der Waals surface area (Å²) in [4.78, 5) is 11.5. The Kier molecular flexibility index (Phi) is 7.13. The van der Waals surface area contributed by atoms with Gasteiger partial charge in [-0.3, -0.25) is 9.89 Å². The van der Waals surface area contributed by atoms with E-state index in [1.807, 2.05) is 11.3 Å². The van der Waals surface area contributed by atoms with E-state index in [2.05, 4.69) is 39.6 Å². The second-order valence-electron chi connectivity index (χ2n) is 7.02. The number of nitrogens with one attached hydrogen (secondary N) is 1. The maximum absolute atomic E-state index is 5.34. The lowest BCUT2D eigenvalue weighted by Crippen LogP contribution is -2.41. The van der Waals surface area contributed by atoms with E-state index in [0.29, 0.717) is 12.0 Å². The smallest absolute Gasteiger partial charge is 0.193 e. The Morgan fingerprint density at radius 1 is 1.40 bits per heavy atom. The molecule has 2 saturated heterocycles. The van der Waals surface area contributed by atoms with Crippen LogP contribution in [-0.2, 0) is 4.74 Å². The first-order chi connectivity index (χ1) is 12.3. The Hall–Kier alpha value is -1.11. The molecule has 6 heteroatoms. The van der Waals surface area contributed by atoms with Crippen LogP contribution in [0.2, 0.25) is 0 Å². The van der Waals surface area contributed by atoms with Gasteiger partial charge in [-0.15, -0.1) is 11.3 Å². The van der Waals surface area contributed by atoms with Crippen molar-refractivity contribution in [2.75, 3.05) is 53.0 Å². The zero-order valence-corrected chi connectivity index (χ0v) is 16.4. The van der Waals surface area contributed by atoms with Crippen molar-refractivity contribution in [1.29, 1.82) is 0 Å². The van der Waals surface area contributed by atoms with E-state index in [1.54, 1.807) is 7.11 Å². The number of hydrogen-bond donors (Lipinski definition) is 1. The van der Waals surface area contributed by atoms with Crippen LogP contribution in [0.1, 0.15) is 37.1 Å². The average Bonchev–Trinajstić information content (AvgIpc) is 3.37. The van der Waals surface area contributed by atoms with E-state index in [9.17, 15) is 0 Å². The molecule has 1 aromatic heterocycles. The van der Waals surface area contributed by atoms with Crippen molar-refractivity contribution in [2.45, 2.75) is 32.2 Å². The topological polar surface area (TPSA) is 40.1 Å². The summed E-state index contributed by atoms with van der Waals surface area (Å²) in [5.41, 5.74) is 0. The Morgan fingerprint density at radius 3 is 2.92 bits per heavy atom. The third kappa shape index (κ3) is 4.96. The Bertz CT molecular complexity index is 528. The highest BCUT2D eigenvalue weighted by atomic mass is 32.1. The van der Waals surface area contributed by atoms with E-state index < -0.39 is 0 Å². The fourth-order valence-corrected chi connectivity index (χ4v) is 4.77. The van der Waals surface area contributed by atoms with Gasteiger partial charge in [0.05, 0.1) is 19.2 Å². The lowest BCUT2D eigenvalue weighted by Gasteiger charge is -2.27. The van der Waals surface area contributed by atoms with Crippen molar-refractivity contribution in [1.82, 2.24) is 15.1 Å². The molecule has 0 aromatic carbocycles. The first-order valence-electron chi connectivity index (χ1n) is 9.61. The highest BCUT2D eigenvalue weighted by molar-refractivity contribution is 7.10. The number of rotatable bonds is 7. The van der Waals surface area contributed by atoms with Gasteiger partial charge >= 0.3 is 0 Å². The van der Waals surface area contributed by atoms with Gasteiger partial charge in [-0.25, -0.2) is 0 Å². The molecule has 0 radical (unpaired) electrons. The van der Waals surface area contributed by atoms with Crippen molar-refractivity contribution in [2.24, 2.45) is 10.9 Å². The molecular weight excluding hydrogens is 332 g/mol. The summed E-state index contributed by atoms with van der Waals surface area (Å²) in [5, 5.41) is 5.68. The molecule has 0 spiro atoms. The van der Waals surface area contributed by atoms with E-state index in [-0.39, 0.29) is 0 Å². The number of thiophene rings is 1.